The normalized spacial score (nSPS) is 12.1. The Morgan fingerprint density at radius 3 is 2.16 bits per heavy atom. The van der Waals surface area contributed by atoms with Gasteiger partial charge in [0.25, 0.3) is 10.0 Å². The van der Waals surface area contributed by atoms with Crippen LogP contribution in [0.2, 0.25) is 20.1 Å². The molecule has 0 saturated heterocycles. The highest BCUT2D eigenvalue weighted by atomic mass is 35.5. The van der Waals surface area contributed by atoms with Crippen molar-refractivity contribution < 1.29 is 18.0 Å². The van der Waals surface area contributed by atoms with Crippen LogP contribution in [0.15, 0.2) is 71.6 Å². The molecular weight excluding hydrogens is 580 g/mol. The Bertz CT molecular complexity index is 1400. The Hall–Kier alpha value is -2.49. The molecule has 0 aliphatic carbocycles. The third kappa shape index (κ3) is 6.89. The third-order valence-electron chi connectivity index (χ3n) is 5.54. The molecule has 0 fully saturated rings. The van der Waals surface area contributed by atoms with E-state index in [2.05, 4.69) is 5.32 Å². The van der Waals surface area contributed by atoms with E-state index in [1.165, 1.54) is 42.3 Å². The summed E-state index contributed by atoms with van der Waals surface area (Å²) in [6, 6.07) is 15.8. The molecule has 0 heterocycles. The highest BCUT2D eigenvalue weighted by molar-refractivity contribution is 7.92. The number of benzene rings is 3. The van der Waals surface area contributed by atoms with Crippen LogP contribution in [0.1, 0.15) is 12.5 Å². The molecule has 7 nitrogen and oxygen atoms in total. The van der Waals surface area contributed by atoms with Crippen molar-refractivity contribution >= 4 is 73.9 Å². The topological polar surface area (TPSA) is 86.8 Å². The van der Waals surface area contributed by atoms with E-state index in [1.54, 1.807) is 43.3 Å². The van der Waals surface area contributed by atoms with E-state index in [-0.39, 0.29) is 27.2 Å². The number of amides is 2. The average Bonchev–Trinajstić information content (AvgIpc) is 2.87. The summed E-state index contributed by atoms with van der Waals surface area (Å²) in [6.45, 7) is 0.874. The zero-order chi connectivity index (χ0) is 27.3. The number of carbonyl (C=O) groups excluding carboxylic acids is 2. The first-order valence-corrected chi connectivity index (χ1v) is 13.9. The molecule has 0 spiro atoms. The number of hydrogen-bond acceptors (Lipinski definition) is 4. The molecule has 0 unspecified atom stereocenters. The molecule has 0 saturated carbocycles. The zero-order valence-electron chi connectivity index (χ0n) is 19.8. The molecule has 3 aromatic carbocycles. The molecule has 1 atom stereocenters. The molecule has 2 amide bonds. The van der Waals surface area contributed by atoms with E-state index >= 15 is 0 Å². The summed E-state index contributed by atoms with van der Waals surface area (Å²) in [4.78, 5) is 27.4. The summed E-state index contributed by atoms with van der Waals surface area (Å²) in [5, 5.41) is 3.46. The third-order valence-corrected chi connectivity index (χ3v) is 8.59. The monoisotopic (exact) mass is 601 g/mol. The lowest BCUT2D eigenvalue weighted by molar-refractivity contribution is -0.139. The number of hydrogen-bond donors (Lipinski definition) is 1. The average molecular weight is 603 g/mol. The second-order valence-corrected chi connectivity index (χ2v) is 11.5. The molecule has 1 N–H and O–H groups in total. The van der Waals surface area contributed by atoms with E-state index in [1.807, 2.05) is 0 Å². The predicted octanol–water partition coefficient (Wildman–Crippen LogP) is 5.66. The maximum atomic E-state index is 13.7. The molecule has 196 valence electrons. The van der Waals surface area contributed by atoms with Gasteiger partial charge >= 0.3 is 0 Å². The van der Waals surface area contributed by atoms with Crippen LogP contribution < -0.4 is 9.62 Å². The van der Waals surface area contributed by atoms with Crippen molar-refractivity contribution in [2.75, 3.05) is 17.9 Å². The van der Waals surface area contributed by atoms with Crippen molar-refractivity contribution in [1.82, 2.24) is 10.2 Å². The number of likely N-dealkylation sites (N-methyl/N-ethyl adjacent to an activating group) is 1. The van der Waals surface area contributed by atoms with Crippen LogP contribution in [0.5, 0.6) is 0 Å². The van der Waals surface area contributed by atoms with Gasteiger partial charge in [0.05, 0.1) is 25.7 Å². The van der Waals surface area contributed by atoms with Crippen LogP contribution in [-0.4, -0.2) is 44.8 Å². The summed E-state index contributed by atoms with van der Waals surface area (Å²) in [5.74, 6) is -1.08. The van der Waals surface area contributed by atoms with Gasteiger partial charge in [0.1, 0.15) is 12.6 Å². The van der Waals surface area contributed by atoms with Crippen LogP contribution >= 0.6 is 46.4 Å². The lowest BCUT2D eigenvalue weighted by Crippen LogP contribution is -2.50. The molecule has 0 aromatic heterocycles. The Balaban J connectivity index is 2.06. The molecule has 0 radical (unpaired) electrons. The zero-order valence-corrected chi connectivity index (χ0v) is 23.6. The summed E-state index contributed by atoms with van der Waals surface area (Å²) in [7, 11) is -2.79. The predicted molar refractivity (Wildman–Crippen MR) is 148 cm³/mol. The molecule has 0 bridgehead atoms. The Kier molecular flexibility index (Phi) is 9.72. The van der Waals surface area contributed by atoms with Crippen molar-refractivity contribution in [1.29, 1.82) is 0 Å². The van der Waals surface area contributed by atoms with E-state index in [0.29, 0.717) is 15.6 Å². The number of nitrogens with zero attached hydrogens (tertiary/aromatic N) is 2. The minimum atomic E-state index is -4.24. The fourth-order valence-electron chi connectivity index (χ4n) is 3.54. The highest BCUT2D eigenvalue weighted by Crippen LogP contribution is 2.33. The van der Waals surface area contributed by atoms with Crippen LogP contribution in [0, 0.1) is 0 Å². The number of halogens is 4. The van der Waals surface area contributed by atoms with Gasteiger partial charge in [0.2, 0.25) is 11.8 Å². The van der Waals surface area contributed by atoms with Gasteiger partial charge in [0, 0.05) is 18.6 Å². The van der Waals surface area contributed by atoms with Crippen molar-refractivity contribution in [2.45, 2.75) is 24.4 Å². The van der Waals surface area contributed by atoms with Crippen LogP contribution in [-0.2, 0) is 26.2 Å². The Morgan fingerprint density at radius 1 is 0.892 bits per heavy atom. The van der Waals surface area contributed by atoms with Crippen LogP contribution in [0.3, 0.4) is 0 Å². The van der Waals surface area contributed by atoms with Gasteiger partial charge in [0.15, 0.2) is 0 Å². The second kappa shape index (κ2) is 12.4. The lowest BCUT2D eigenvalue weighted by atomic mass is 10.1. The number of nitrogens with one attached hydrogen (secondary N) is 1. The van der Waals surface area contributed by atoms with Gasteiger partial charge < -0.3 is 10.2 Å². The Labute approximate surface area is 235 Å². The fourth-order valence-corrected chi connectivity index (χ4v) is 5.88. The maximum Gasteiger partial charge on any atom is 0.264 e. The minimum absolute atomic E-state index is 0.0299. The first-order valence-electron chi connectivity index (χ1n) is 10.9. The number of carbonyl (C=O) groups is 2. The number of sulfonamides is 1. The first kappa shape index (κ1) is 29.1. The maximum absolute atomic E-state index is 13.7. The van der Waals surface area contributed by atoms with Gasteiger partial charge in [-0.25, -0.2) is 8.42 Å². The van der Waals surface area contributed by atoms with Crippen molar-refractivity contribution in [2.24, 2.45) is 0 Å². The van der Waals surface area contributed by atoms with Gasteiger partial charge in [-0.05, 0) is 55.0 Å². The minimum Gasteiger partial charge on any atom is -0.357 e. The summed E-state index contributed by atoms with van der Waals surface area (Å²) >= 11 is 24.6. The second-order valence-electron chi connectivity index (χ2n) is 7.98. The standard InChI is InChI=1S/C25H23Cl4N3O4S/c1-16(25(34)30-2)31(14-17-8-10-20(27)21(28)12-17)24(33)15-32(23-11-9-18(26)13-22(23)29)37(35,36)19-6-4-3-5-7-19/h3-13,16H,14-15H2,1-2H3,(H,30,34)/t16-/m0/s1. The van der Waals surface area contributed by atoms with E-state index in [0.717, 1.165) is 4.31 Å². The van der Waals surface area contributed by atoms with Crippen LogP contribution in [0.25, 0.3) is 0 Å². The number of rotatable bonds is 9. The molecule has 3 rings (SSSR count). The molecule has 3 aromatic rings. The van der Waals surface area contributed by atoms with Crippen molar-refractivity contribution in [3.63, 3.8) is 0 Å². The number of anilines is 1. The Morgan fingerprint density at radius 2 is 1.57 bits per heavy atom. The SMILES string of the molecule is CNC(=O)[C@H](C)N(Cc1ccc(Cl)c(Cl)c1)C(=O)CN(c1ccc(Cl)cc1Cl)S(=O)(=O)c1ccccc1. The molecular formula is C25H23Cl4N3O4S. The fraction of sp³-hybridized carbons (Fsp3) is 0.200. The summed E-state index contributed by atoms with van der Waals surface area (Å²) in [6.07, 6.45) is 0. The van der Waals surface area contributed by atoms with E-state index < -0.39 is 34.4 Å². The molecule has 37 heavy (non-hydrogen) atoms. The van der Waals surface area contributed by atoms with Gasteiger partial charge in [-0.3, -0.25) is 13.9 Å². The molecule has 12 heteroatoms. The highest BCUT2D eigenvalue weighted by Gasteiger charge is 2.33. The quantitative estimate of drug-likeness (QED) is 0.342. The van der Waals surface area contributed by atoms with Crippen LogP contribution in [0.4, 0.5) is 5.69 Å². The summed E-state index contributed by atoms with van der Waals surface area (Å²) in [5.41, 5.74) is 0.658. The van der Waals surface area contributed by atoms with E-state index in [9.17, 15) is 18.0 Å². The summed E-state index contributed by atoms with van der Waals surface area (Å²) < 4.78 is 28.3. The van der Waals surface area contributed by atoms with E-state index in [4.69, 9.17) is 46.4 Å². The molecule has 0 aliphatic rings. The van der Waals surface area contributed by atoms with Gasteiger partial charge in [-0.15, -0.1) is 0 Å². The van der Waals surface area contributed by atoms with Gasteiger partial charge in [-0.1, -0.05) is 70.7 Å². The first-order chi connectivity index (χ1) is 17.4. The van der Waals surface area contributed by atoms with Gasteiger partial charge in [-0.2, -0.15) is 0 Å². The lowest BCUT2D eigenvalue weighted by Gasteiger charge is -2.32. The molecule has 0 aliphatic heterocycles. The van der Waals surface area contributed by atoms with Crippen molar-refractivity contribution in [3.8, 4) is 0 Å². The largest absolute Gasteiger partial charge is 0.357 e. The van der Waals surface area contributed by atoms with Crippen molar-refractivity contribution in [3.05, 3.63) is 92.4 Å². The smallest absolute Gasteiger partial charge is 0.264 e.